The summed E-state index contributed by atoms with van der Waals surface area (Å²) in [6.45, 7) is 0. The maximum Gasteiger partial charge on any atom is 0.385 e. The third kappa shape index (κ3) is 3.37. The van der Waals surface area contributed by atoms with E-state index in [1.165, 1.54) is 0 Å². The summed E-state index contributed by atoms with van der Waals surface area (Å²) in [6, 6.07) is 14.8. The molecule has 0 atom stereocenters. The van der Waals surface area contributed by atoms with Crippen LogP contribution in [0, 0.1) is 5.39 Å². The largest absolute Gasteiger partial charge is 1.00 e. The van der Waals surface area contributed by atoms with E-state index < -0.39 is 0 Å². The third-order valence-corrected chi connectivity index (χ3v) is 2.34. The molecule has 0 aromatic heterocycles. The molecule has 1 N–H and O–H groups in total. The molecule has 0 aliphatic rings. The highest BCUT2D eigenvalue weighted by atomic mass is 35.5. The Morgan fingerprint density at radius 2 is 1.78 bits per heavy atom. The first-order valence-electron chi connectivity index (χ1n) is 5.18. The fraction of sp³-hybridized carbons (Fsp3) is 0.0769. The van der Waals surface area contributed by atoms with E-state index in [2.05, 4.69) is 10.3 Å². The Bertz CT molecular complexity index is 549. The minimum atomic E-state index is 0. The molecular weight excluding hydrogens is 250 g/mol. The molecular formula is C13H12ClN3O. The molecule has 0 heterocycles. The number of nitrogens with one attached hydrogen (secondary N) is 1. The van der Waals surface area contributed by atoms with E-state index in [0.717, 1.165) is 17.1 Å². The number of diazo groups is 1. The van der Waals surface area contributed by atoms with Crippen molar-refractivity contribution in [1.29, 1.82) is 5.39 Å². The molecule has 0 saturated carbocycles. The zero-order chi connectivity index (χ0) is 12.1. The van der Waals surface area contributed by atoms with Gasteiger partial charge in [0.05, 0.1) is 7.11 Å². The van der Waals surface area contributed by atoms with Crippen LogP contribution in [0.5, 0.6) is 5.75 Å². The average Bonchev–Trinajstić information content (AvgIpc) is 2.40. The van der Waals surface area contributed by atoms with E-state index in [0.29, 0.717) is 5.69 Å². The maximum absolute atomic E-state index is 8.57. The summed E-state index contributed by atoms with van der Waals surface area (Å²) in [6.07, 6.45) is 0. The lowest BCUT2D eigenvalue weighted by Crippen LogP contribution is -3.00. The summed E-state index contributed by atoms with van der Waals surface area (Å²) < 4.78 is 5.14. The van der Waals surface area contributed by atoms with Crippen molar-refractivity contribution in [1.82, 2.24) is 0 Å². The number of halogens is 1. The fourth-order valence-electron chi connectivity index (χ4n) is 1.48. The van der Waals surface area contributed by atoms with Crippen LogP contribution in [0.4, 0.5) is 17.1 Å². The van der Waals surface area contributed by atoms with Crippen LogP contribution in [0.1, 0.15) is 0 Å². The highest BCUT2D eigenvalue weighted by Crippen LogP contribution is 2.22. The van der Waals surface area contributed by atoms with E-state index >= 15 is 0 Å². The normalized spacial score (nSPS) is 8.89. The smallest absolute Gasteiger partial charge is 0.385 e. The van der Waals surface area contributed by atoms with Gasteiger partial charge in [0.15, 0.2) is 4.98 Å². The summed E-state index contributed by atoms with van der Waals surface area (Å²) in [7, 11) is 1.64. The zero-order valence-corrected chi connectivity index (χ0v) is 10.6. The van der Waals surface area contributed by atoms with Gasteiger partial charge >= 0.3 is 5.69 Å². The second kappa shape index (κ2) is 6.48. The van der Waals surface area contributed by atoms with Gasteiger partial charge < -0.3 is 22.5 Å². The minimum Gasteiger partial charge on any atom is -1.00 e. The Kier molecular flexibility index (Phi) is 4.97. The second-order valence-corrected chi connectivity index (χ2v) is 3.50. The Morgan fingerprint density at radius 1 is 1.06 bits per heavy atom. The lowest BCUT2D eigenvalue weighted by Gasteiger charge is -2.07. The first-order chi connectivity index (χ1) is 8.31. The van der Waals surface area contributed by atoms with Gasteiger partial charge in [0, 0.05) is 29.6 Å². The van der Waals surface area contributed by atoms with Crippen molar-refractivity contribution in [3.63, 3.8) is 0 Å². The van der Waals surface area contributed by atoms with Crippen LogP contribution in [0.2, 0.25) is 0 Å². The molecule has 0 radical (unpaired) electrons. The summed E-state index contributed by atoms with van der Waals surface area (Å²) >= 11 is 0. The molecule has 4 nitrogen and oxygen atoms in total. The van der Waals surface area contributed by atoms with Crippen LogP contribution in [0.15, 0.2) is 48.5 Å². The predicted molar refractivity (Wildman–Crippen MR) is 67.5 cm³/mol. The lowest BCUT2D eigenvalue weighted by atomic mass is 10.2. The highest BCUT2D eigenvalue weighted by Gasteiger charge is 2.03. The maximum atomic E-state index is 8.57. The number of methoxy groups -OCH3 is 1. The summed E-state index contributed by atoms with van der Waals surface area (Å²) in [5.41, 5.74) is 2.39. The predicted octanol–water partition coefficient (Wildman–Crippen LogP) is 0.927. The van der Waals surface area contributed by atoms with Gasteiger partial charge in [-0.1, -0.05) is 6.07 Å². The van der Waals surface area contributed by atoms with Gasteiger partial charge in [0.1, 0.15) is 5.75 Å². The third-order valence-electron chi connectivity index (χ3n) is 2.34. The number of hydrogen-bond donors (Lipinski definition) is 1. The van der Waals surface area contributed by atoms with E-state index in [9.17, 15) is 0 Å². The van der Waals surface area contributed by atoms with Crippen LogP contribution in [0.25, 0.3) is 4.98 Å². The molecule has 0 amide bonds. The molecule has 0 bridgehead atoms. The van der Waals surface area contributed by atoms with Crippen molar-refractivity contribution in [2.75, 3.05) is 12.4 Å². The van der Waals surface area contributed by atoms with Crippen molar-refractivity contribution < 1.29 is 17.1 Å². The van der Waals surface area contributed by atoms with Gasteiger partial charge in [0.2, 0.25) is 5.39 Å². The molecule has 0 fully saturated rings. The van der Waals surface area contributed by atoms with Crippen molar-refractivity contribution >= 4 is 17.1 Å². The molecule has 18 heavy (non-hydrogen) atoms. The first kappa shape index (κ1) is 13.8. The molecule has 2 aromatic carbocycles. The minimum absolute atomic E-state index is 0. The number of rotatable bonds is 3. The van der Waals surface area contributed by atoms with Crippen LogP contribution in [-0.2, 0) is 0 Å². The zero-order valence-electron chi connectivity index (χ0n) is 9.80. The lowest BCUT2D eigenvalue weighted by molar-refractivity contribution is -0.00000395. The van der Waals surface area contributed by atoms with Gasteiger partial charge in [-0.15, -0.1) is 0 Å². The monoisotopic (exact) mass is 261 g/mol. The molecule has 0 unspecified atom stereocenters. The number of anilines is 2. The van der Waals surface area contributed by atoms with Crippen molar-refractivity contribution in [3.05, 3.63) is 53.5 Å². The van der Waals surface area contributed by atoms with Gasteiger partial charge in [-0.25, -0.2) is 0 Å². The highest BCUT2D eigenvalue weighted by molar-refractivity contribution is 5.63. The first-order valence-corrected chi connectivity index (χ1v) is 5.18. The molecule has 0 saturated heterocycles. The van der Waals surface area contributed by atoms with Gasteiger partial charge in [0.25, 0.3) is 0 Å². The quantitative estimate of drug-likeness (QED) is 0.837. The second-order valence-electron chi connectivity index (χ2n) is 3.50. The molecule has 92 valence electrons. The molecule has 0 aliphatic heterocycles. The molecule has 2 aromatic rings. The molecule has 0 spiro atoms. The fourth-order valence-corrected chi connectivity index (χ4v) is 1.48. The number of benzene rings is 2. The summed E-state index contributed by atoms with van der Waals surface area (Å²) in [5, 5.41) is 11.8. The SMILES string of the molecule is COc1cccc(Nc2ccc([N+]#N)cc2)c1.[Cl-]. The van der Waals surface area contributed by atoms with Crippen molar-refractivity contribution in [3.8, 4) is 5.75 Å². The number of nitrogens with zero attached hydrogens (tertiary/aromatic N) is 2. The van der Waals surface area contributed by atoms with Crippen molar-refractivity contribution in [2.45, 2.75) is 0 Å². The van der Waals surface area contributed by atoms with E-state index in [4.69, 9.17) is 10.1 Å². The molecule has 0 aliphatic carbocycles. The Balaban J connectivity index is 0.00000162. The Labute approximate surface area is 112 Å². The van der Waals surface area contributed by atoms with Gasteiger partial charge in [-0.2, -0.15) is 0 Å². The van der Waals surface area contributed by atoms with Crippen LogP contribution in [0.3, 0.4) is 0 Å². The number of hydrogen-bond acceptors (Lipinski definition) is 3. The van der Waals surface area contributed by atoms with Crippen molar-refractivity contribution in [2.24, 2.45) is 0 Å². The van der Waals surface area contributed by atoms with Gasteiger partial charge in [-0.3, -0.25) is 0 Å². The van der Waals surface area contributed by atoms with E-state index in [1.54, 1.807) is 19.2 Å². The Morgan fingerprint density at radius 3 is 2.39 bits per heavy atom. The topological polar surface area (TPSA) is 49.4 Å². The van der Waals surface area contributed by atoms with Crippen LogP contribution in [-0.4, -0.2) is 7.11 Å². The summed E-state index contributed by atoms with van der Waals surface area (Å²) in [5.74, 6) is 0.803. The molecule has 2 rings (SSSR count). The molecule has 5 heteroatoms. The van der Waals surface area contributed by atoms with Gasteiger partial charge in [-0.05, 0) is 24.3 Å². The van der Waals surface area contributed by atoms with Crippen LogP contribution < -0.4 is 22.5 Å². The standard InChI is InChI=1S/C13H12N3O.ClH/c1-17-13-4-2-3-12(9-13)15-10-5-7-11(16-14)8-6-10;/h2-9,15H,1H3;1H/q+1;/p-1. The average molecular weight is 262 g/mol. The van der Waals surface area contributed by atoms with Crippen LogP contribution >= 0.6 is 0 Å². The Hall–Kier alpha value is -2.25. The van der Waals surface area contributed by atoms with E-state index in [-0.39, 0.29) is 12.4 Å². The van der Waals surface area contributed by atoms with E-state index in [1.807, 2.05) is 36.4 Å². The summed E-state index contributed by atoms with van der Waals surface area (Å²) in [4.78, 5) is 3.10. The number of ether oxygens (including phenoxy) is 1.